The number of rotatable bonds is 2. The van der Waals surface area contributed by atoms with Crippen LogP contribution in [0.15, 0.2) is 10.7 Å². The summed E-state index contributed by atoms with van der Waals surface area (Å²) in [5.41, 5.74) is -2.86. The Morgan fingerprint density at radius 3 is 2.41 bits per heavy atom. The molecule has 1 heterocycles. The van der Waals surface area contributed by atoms with Crippen LogP contribution in [0.1, 0.15) is 23.2 Å². The van der Waals surface area contributed by atoms with Crippen molar-refractivity contribution in [3.05, 3.63) is 27.5 Å². The van der Waals surface area contributed by atoms with E-state index in [-0.39, 0.29) is 16.6 Å². The van der Waals surface area contributed by atoms with Gasteiger partial charge in [0, 0.05) is 5.56 Å². The summed E-state index contributed by atoms with van der Waals surface area (Å²) in [4.78, 5) is 3.04. The molecule has 0 radical (unpaired) electrons. The first-order valence-corrected chi connectivity index (χ1v) is 4.98. The van der Waals surface area contributed by atoms with Crippen LogP contribution in [0.25, 0.3) is 0 Å². The normalized spacial score (nSPS) is 11.6. The standard InChI is InChI=1S/C9H4BrF5N2/c10-7-4(1-2-16)3-5(8(11)12)6(17-7)9(13,14)15/h3,8H,1H2. The average Bonchev–Trinajstić information content (AvgIpc) is 2.19. The van der Waals surface area contributed by atoms with Crippen LogP contribution in [0, 0.1) is 11.3 Å². The minimum atomic E-state index is -4.96. The smallest absolute Gasteiger partial charge is 0.236 e. The van der Waals surface area contributed by atoms with Crippen LogP contribution in [0.5, 0.6) is 0 Å². The van der Waals surface area contributed by atoms with E-state index in [9.17, 15) is 22.0 Å². The van der Waals surface area contributed by atoms with Crippen LogP contribution < -0.4 is 0 Å². The van der Waals surface area contributed by atoms with E-state index in [4.69, 9.17) is 5.26 Å². The lowest BCUT2D eigenvalue weighted by molar-refractivity contribution is -0.143. The number of hydrogen-bond donors (Lipinski definition) is 0. The van der Waals surface area contributed by atoms with Crippen molar-refractivity contribution in [3.63, 3.8) is 0 Å². The SMILES string of the molecule is N#CCc1cc(C(F)F)c(C(F)(F)F)nc1Br. The summed E-state index contributed by atoms with van der Waals surface area (Å²) in [5, 5.41) is 8.39. The van der Waals surface area contributed by atoms with Crippen molar-refractivity contribution in [2.24, 2.45) is 0 Å². The molecule has 0 aliphatic carbocycles. The molecule has 92 valence electrons. The summed E-state index contributed by atoms with van der Waals surface area (Å²) in [6.45, 7) is 0. The second-order valence-electron chi connectivity index (χ2n) is 3.01. The Kier molecular flexibility index (Phi) is 4.03. The van der Waals surface area contributed by atoms with Gasteiger partial charge in [-0.25, -0.2) is 13.8 Å². The summed E-state index contributed by atoms with van der Waals surface area (Å²) in [7, 11) is 0. The van der Waals surface area contributed by atoms with Gasteiger partial charge in [0.2, 0.25) is 0 Å². The Hall–Kier alpha value is -1.23. The zero-order chi connectivity index (χ0) is 13.2. The highest BCUT2D eigenvalue weighted by Gasteiger charge is 2.38. The number of hydrogen-bond acceptors (Lipinski definition) is 2. The predicted octanol–water partition coefficient (Wildman–Crippen LogP) is 3.87. The van der Waals surface area contributed by atoms with E-state index in [0.29, 0.717) is 6.07 Å². The van der Waals surface area contributed by atoms with Gasteiger partial charge in [-0.3, -0.25) is 0 Å². The third kappa shape index (κ3) is 3.12. The highest BCUT2D eigenvalue weighted by atomic mass is 79.9. The van der Waals surface area contributed by atoms with E-state index in [0.717, 1.165) is 0 Å². The van der Waals surface area contributed by atoms with Crippen molar-refractivity contribution < 1.29 is 22.0 Å². The van der Waals surface area contributed by atoms with Gasteiger partial charge < -0.3 is 0 Å². The summed E-state index contributed by atoms with van der Waals surface area (Å²) in [5.74, 6) is 0. The highest BCUT2D eigenvalue weighted by molar-refractivity contribution is 9.10. The molecule has 8 heteroatoms. The van der Waals surface area contributed by atoms with E-state index >= 15 is 0 Å². The minimum absolute atomic E-state index is 0.00389. The van der Waals surface area contributed by atoms with Gasteiger partial charge in [0.15, 0.2) is 5.69 Å². The van der Waals surface area contributed by atoms with Crippen LogP contribution in [-0.2, 0) is 12.6 Å². The zero-order valence-electron chi connectivity index (χ0n) is 8.02. The first kappa shape index (κ1) is 13.8. The van der Waals surface area contributed by atoms with Crippen molar-refractivity contribution in [2.45, 2.75) is 19.0 Å². The molecule has 0 aliphatic rings. The second kappa shape index (κ2) is 4.96. The van der Waals surface area contributed by atoms with E-state index in [2.05, 4.69) is 20.9 Å². The summed E-state index contributed by atoms with van der Waals surface area (Å²) >= 11 is 2.72. The molecule has 0 saturated carbocycles. The molecule has 0 atom stereocenters. The van der Waals surface area contributed by atoms with E-state index in [1.54, 1.807) is 6.07 Å². The Morgan fingerprint density at radius 2 is 2.00 bits per heavy atom. The van der Waals surface area contributed by atoms with Crippen LogP contribution in [0.2, 0.25) is 0 Å². The number of pyridine rings is 1. The fraction of sp³-hybridized carbons (Fsp3) is 0.333. The predicted molar refractivity (Wildman–Crippen MR) is 51.2 cm³/mol. The Morgan fingerprint density at radius 1 is 1.41 bits per heavy atom. The van der Waals surface area contributed by atoms with E-state index in [1.807, 2.05) is 0 Å². The third-order valence-electron chi connectivity index (χ3n) is 1.85. The molecule has 0 N–H and O–H groups in total. The fourth-order valence-electron chi connectivity index (χ4n) is 1.15. The first-order chi connectivity index (χ1) is 7.77. The van der Waals surface area contributed by atoms with Crippen molar-refractivity contribution in [1.82, 2.24) is 4.98 Å². The Bertz CT molecular complexity index is 464. The lowest BCUT2D eigenvalue weighted by Crippen LogP contribution is -2.13. The molecular formula is C9H4BrF5N2. The minimum Gasteiger partial charge on any atom is -0.236 e. The summed E-state index contributed by atoms with van der Waals surface area (Å²) in [6.07, 6.45) is -8.56. The maximum absolute atomic E-state index is 12.5. The lowest BCUT2D eigenvalue weighted by Gasteiger charge is -2.13. The van der Waals surface area contributed by atoms with Gasteiger partial charge >= 0.3 is 6.18 Å². The molecule has 0 saturated heterocycles. The second-order valence-corrected chi connectivity index (χ2v) is 3.76. The largest absolute Gasteiger partial charge is 0.433 e. The molecule has 1 aromatic heterocycles. The van der Waals surface area contributed by atoms with Gasteiger partial charge in [0.1, 0.15) is 4.60 Å². The lowest BCUT2D eigenvalue weighted by atomic mass is 10.1. The highest BCUT2D eigenvalue weighted by Crippen LogP contribution is 2.37. The van der Waals surface area contributed by atoms with Crippen LogP contribution in [-0.4, -0.2) is 4.98 Å². The molecule has 2 nitrogen and oxygen atoms in total. The molecule has 0 unspecified atom stereocenters. The Labute approximate surface area is 101 Å². The van der Waals surface area contributed by atoms with Gasteiger partial charge in [0.05, 0.1) is 12.5 Å². The molecule has 17 heavy (non-hydrogen) atoms. The first-order valence-electron chi connectivity index (χ1n) is 4.19. The van der Waals surface area contributed by atoms with Crippen molar-refractivity contribution >= 4 is 15.9 Å². The van der Waals surface area contributed by atoms with Crippen LogP contribution in [0.3, 0.4) is 0 Å². The van der Waals surface area contributed by atoms with Crippen molar-refractivity contribution in [1.29, 1.82) is 5.26 Å². The topological polar surface area (TPSA) is 36.7 Å². The zero-order valence-corrected chi connectivity index (χ0v) is 9.61. The number of nitrogens with zero attached hydrogens (tertiary/aromatic N) is 2. The number of aromatic nitrogens is 1. The molecule has 0 aliphatic heterocycles. The monoisotopic (exact) mass is 314 g/mol. The maximum Gasteiger partial charge on any atom is 0.433 e. The van der Waals surface area contributed by atoms with Gasteiger partial charge in [-0.2, -0.15) is 18.4 Å². The number of nitriles is 1. The van der Waals surface area contributed by atoms with E-state index < -0.39 is 23.9 Å². The summed E-state index contributed by atoms with van der Waals surface area (Å²) < 4.78 is 62.0. The molecule has 1 rings (SSSR count). The van der Waals surface area contributed by atoms with E-state index in [1.165, 1.54) is 0 Å². The average molecular weight is 315 g/mol. The fourth-order valence-corrected chi connectivity index (χ4v) is 1.58. The molecule has 1 aromatic rings. The van der Waals surface area contributed by atoms with Gasteiger partial charge in [-0.05, 0) is 27.6 Å². The quantitative estimate of drug-likeness (QED) is 0.614. The summed E-state index contributed by atoms with van der Waals surface area (Å²) in [6, 6.07) is 2.30. The van der Waals surface area contributed by atoms with Crippen molar-refractivity contribution in [3.8, 4) is 6.07 Å². The molecule has 0 fully saturated rings. The van der Waals surface area contributed by atoms with Crippen LogP contribution in [0.4, 0.5) is 22.0 Å². The van der Waals surface area contributed by atoms with Gasteiger partial charge in [-0.1, -0.05) is 0 Å². The molecule has 0 bridgehead atoms. The molecular weight excluding hydrogens is 311 g/mol. The molecule has 0 aromatic carbocycles. The molecule has 0 spiro atoms. The number of alkyl halides is 5. The van der Waals surface area contributed by atoms with Crippen LogP contribution >= 0.6 is 15.9 Å². The third-order valence-corrected chi connectivity index (χ3v) is 2.54. The van der Waals surface area contributed by atoms with Gasteiger partial charge in [0.25, 0.3) is 6.43 Å². The molecule has 0 amide bonds. The maximum atomic E-state index is 12.5. The van der Waals surface area contributed by atoms with Gasteiger partial charge in [-0.15, -0.1) is 0 Å². The van der Waals surface area contributed by atoms with Crippen molar-refractivity contribution in [2.75, 3.05) is 0 Å². The Balaban J connectivity index is 3.42. The number of halogens is 6.